The largest absolute Gasteiger partial charge is 0.500 e. The summed E-state index contributed by atoms with van der Waals surface area (Å²) < 4.78 is 48.9. The molecule has 0 radical (unpaired) electrons. The second kappa shape index (κ2) is 10.1. The van der Waals surface area contributed by atoms with Gasteiger partial charge in [0.15, 0.2) is 0 Å². The van der Waals surface area contributed by atoms with Gasteiger partial charge in [0, 0.05) is 27.4 Å². The van der Waals surface area contributed by atoms with Gasteiger partial charge in [-0.2, -0.15) is 20.2 Å². The second-order valence-corrected chi connectivity index (χ2v) is 9.02. The molecule has 0 aromatic rings. The van der Waals surface area contributed by atoms with E-state index in [4.69, 9.17) is 17.8 Å². The Labute approximate surface area is 120 Å². The van der Waals surface area contributed by atoms with E-state index in [1.54, 1.807) is 33.1 Å². The van der Waals surface area contributed by atoms with Crippen LogP contribution in [0, 0.1) is 0 Å². The first-order valence-electron chi connectivity index (χ1n) is 5.74. The second-order valence-electron chi connectivity index (χ2n) is 3.61. The summed E-state index contributed by atoms with van der Waals surface area (Å²) >= 11 is 1.68. The summed E-state index contributed by atoms with van der Waals surface area (Å²) in [6.07, 6.45) is 1.46. The van der Waals surface area contributed by atoms with E-state index in [-0.39, 0.29) is 6.61 Å². The maximum Gasteiger partial charge on any atom is 0.500 e. The highest BCUT2D eigenvalue weighted by molar-refractivity contribution is 7.99. The Hall–Kier alpha value is 0.317. The summed E-state index contributed by atoms with van der Waals surface area (Å²) in [6, 6.07) is 0.741. The van der Waals surface area contributed by atoms with E-state index < -0.39 is 19.2 Å². The molecule has 0 amide bonds. The van der Waals surface area contributed by atoms with Crippen LogP contribution in [0.5, 0.6) is 0 Å². The average molecular weight is 334 g/mol. The normalized spacial score (nSPS) is 12.8. The lowest BCUT2D eigenvalue weighted by molar-refractivity contribution is 0.123. The molecule has 10 heteroatoms. The number of hydrogen-bond donors (Lipinski definition) is 1. The molecule has 0 saturated carbocycles. The first kappa shape index (κ1) is 19.3. The SMILES string of the molecule is CO[Si](CCCSCCCOS(=O)(=O)O)(OC)OC. The molecule has 0 atom stereocenters. The van der Waals surface area contributed by atoms with E-state index >= 15 is 0 Å². The van der Waals surface area contributed by atoms with Crippen molar-refractivity contribution in [1.82, 2.24) is 0 Å². The zero-order valence-corrected chi connectivity index (χ0v) is 14.1. The first-order valence-corrected chi connectivity index (χ1v) is 10.2. The van der Waals surface area contributed by atoms with Gasteiger partial charge in [-0.15, -0.1) is 0 Å². The Morgan fingerprint density at radius 3 is 2.05 bits per heavy atom. The maximum atomic E-state index is 10.3. The average Bonchev–Trinajstić information content (AvgIpc) is 2.37. The molecule has 0 saturated heterocycles. The van der Waals surface area contributed by atoms with Crippen LogP contribution < -0.4 is 0 Å². The Morgan fingerprint density at radius 1 is 1.05 bits per heavy atom. The molecule has 0 spiro atoms. The van der Waals surface area contributed by atoms with Crippen molar-refractivity contribution in [2.24, 2.45) is 0 Å². The first-order chi connectivity index (χ1) is 8.89. The van der Waals surface area contributed by atoms with Gasteiger partial charge >= 0.3 is 19.2 Å². The van der Waals surface area contributed by atoms with E-state index in [1.807, 2.05) is 0 Å². The minimum absolute atomic E-state index is 0.00126. The monoisotopic (exact) mass is 334 g/mol. The minimum Gasteiger partial charge on any atom is -0.377 e. The van der Waals surface area contributed by atoms with E-state index in [2.05, 4.69) is 4.18 Å². The third-order valence-corrected chi connectivity index (χ3v) is 6.82. The zero-order chi connectivity index (χ0) is 14.8. The quantitative estimate of drug-likeness (QED) is 0.323. The Balaban J connectivity index is 3.55. The molecule has 0 heterocycles. The van der Waals surface area contributed by atoms with Crippen molar-refractivity contribution < 1.29 is 30.4 Å². The summed E-state index contributed by atoms with van der Waals surface area (Å²) in [4.78, 5) is 0. The molecule has 0 aromatic heterocycles. The van der Waals surface area contributed by atoms with Gasteiger partial charge < -0.3 is 13.3 Å². The standard InChI is InChI=1S/C9H22O7S2Si/c1-13-19(14-2,15-3)9-5-8-17-7-4-6-16-18(10,11)12/h4-9H2,1-3H3,(H,10,11,12). The van der Waals surface area contributed by atoms with Crippen LogP contribution in [0.15, 0.2) is 0 Å². The van der Waals surface area contributed by atoms with Crippen LogP contribution in [0.1, 0.15) is 12.8 Å². The van der Waals surface area contributed by atoms with Gasteiger partial charge in [-0.25, -0.2) is 4.18 Å². The third kappa shape index (κ3) is 9.79. The van der Waals surface area contributed by atoms with Gasteiger partial charge in [0.1, 0.15) is 0 Å². The highest BCUT2D eigenvalue weighted by Crippen LogP contribution is 2.17. The van der Waals surface area contributed by atoms with Crippen LogP contribution in [0.3, 0.4) is 0 Å². The Morgan fingerprint density at radius 2 is 1.58 bits per heavy atom. The van der Waals surface area contributed by atoms with E-state index in [0.29, 0.717) is 6.42 Å². The van der Waals surface area contributed by atoms with E-state index in [1.165, 1.54) is 0 Å². The predicted octanol–water partition coefficient (Wildman–Crippen LogP) is 1.20. The summed E-state index contributed by atoms with van der Waals surface area (Å²) in [5, 5.41) is 0. The summed E-state index contributed by atoms with van der Waals surface area (Å²) in [7, 11) is -2.03. The molecule has 0 unspecified atom stereocenters. The molecular formula is C9H22O7S2Si. The van der Waals surface area contributed by atoms with Gasteiger partial charge in [0.25, 0.3) is 0 Å². The Kier molecular flexibility index (Phi) is 10.3. The van der Waals surface area contributed by atoms with Gasteiger partial charge in [-0.05, 0) is 24.3 Å². The van der Waals surface area contributed by atoms with Crippen LogP contribution in [-0.4, -0.2) is 61.2 Å². The third-order valence-electron chi connectivity index (χ3n) is 2.37. The molecule has 0 aromatic carbocycles. The van der Waals surface area contributed by atoms with Crippen molar-refractivity contribution in [3.05, 3.63) is 0 Å². The highest BCUT2D eigenvalue weighted by Gasteiger charge is 2.36. The van der Waals surface area contributed by atoms with Crippen molar-refractivity contribution >= 4 is 31.0 Å². The summed E-state index contributed by atoms with van der Waals surface area (Å²) in [6.45, 7) is -0.00126. The van der Waals surface area contributed by atoms with E-state index in [9.17, 15) is 8.42 Å². The number of hydrogen-bond acceptors (Lipinski definition) is 7. The summed E-state index contributed by atoms with van der Waals surface area (Å²) in [5.74, 6) is 1.66. The van der Waals surface area contributed by atoms with Crippen molar-refractivity contribution in [3.63, 3.8) is 0 Å². The summed E-state index contributed by atoms with van der Waals surface area (Å²) in [5.41, 5.74) is 0. The van der Waals surface area contributed by atoms with Crippen LogP contribution in [0.2, 0.25) is 6.04 Å². The Bertz CT molecular complexity index is 310. The van der Waals surface area contributed by atoms with Crippen LogP contribution in [-0.2, 0) is 27.9 Å². The molecule has 0 aliphatic heterocycles. The van der Waals surface area contributed by atoms with E-state index in [0.717, 1.165) is 24.0 Å². The van der Waals surface area contributed by atoms with Crippen molar-refractivity contribution in [2.75, 3.05) is 39.4 Å². The molecule has 116 valence electrons. The lowest BCUT2D eigenvalue weighted by Crippen LogP contribution is -2.42. The fourth-order valence-electron chi connectivity index (χ4n) is 1.37. The fourth-order valence-corrected chi connectivity index (χ4v) is 4.56. The molecule has 0 aliphatic rings. The maximum absolute atomic E-state index is 10.3. The predicted molar refractivity (Wildman–Crippen MR) is 75.6 cm³/mol. The molecular weight excluding hydrogens is 312 g/mol. The number of thioether (sulfide) groups is 1. The topological polar surface area (TPSA) is 91.3 Å². The lowest BCUT2D eigenvalue weighted by Gasteiger charge is -2.24. The van der Waals surface area contributed by atoms with Gasteiger partial charge in [0.05, 0.1) is 6.61 Å². The van der Waals surface area contributed by atoms with Crippen LogP contribution >= 0.6 is 11.8 Å². The van der Waals surface area contributed by atoms with Crippen molar-refractivity contribution in [3.8, 4) is 0 Å². The van der Waals surface area contributed by atoms with Crippen molar-refractivity contribution in [2.45, 2.75) is 18.9 Å². The smallest absolute Gasteiger partial charge is 0.377 e. The molecule has 0 rings (SSSR count). The molecule has 0 bridgehead atoms. The van der Waals surface area contributed by atoms with Crippen LogP contribution in [0.4, 0.5) is 0 Å². The van der Waals surface area contributed by atoms with Gasteiger partial charge in [-0.3, -0.25) is 4.55 Å². The van der Waals surface area contributed by atoms with Crippen molar-refractivity contribution in [1.29, 1.82) is 0 Å². The molecule has 1 N–H and O–H groups in total. The van der Waals surface area contributed by atoms with Crippen LogP contribution in [0.25, 0.3) is 0 Å². The molecule has 19 heavy (non-hydrogen) atoms. The lowest BCUT2D eigenvalue weighted by atomic mass is 10.5. The molecule has 0 aliphatic carbocycles. The van der Waals surface area contributed by atoms with Gasteiger partial charge in [0.2, 0.25) is 0 Å². The molecule has 0 fully saturated rings. The molecule has 7 nitrogen and oxygen atoms in total. The highest BCUT2D eigenvalue weighted by atomic mass is 32.3. The fraction of sp³-hybridized carbons (Fsp3) is 1.00. The minimum atomic E-state index is -4.30. The van der Waals surface area contributed by atoms with Gasteiger partial charge in [-0.1, -0.05) is 0 Å². The number of rotatable bonds is 12. The zero-order valence-electron chi connectivity index (χ0n) is 11.5.